The van der Waals surface area contributed by atoms with E-state index in [0.717, 1.165) is 24.4 Å². The summed E-state index contributed by atoms with van der Waals surface area (Å²) in [6.07, 6.45) is 8.93. The topological polar surface area (TPSA) is 79.9 Å². The first-order valence-electron chi connectivity index (χ1n) is 9.42. The highest BCUT2D eigenvalue weighted by atomic mass is 16.5. The highest BCUT2D eigenvalue weighted by Gasteiger charge is 2.57. The number of pyridine rings is 1. The molecule has 0 saturated heterocycles. The van der Waals surface area contributed by atoms with Crippen LogP contribution in [0.15, 0.2) is 18.3 Å². The van der Waals surface area contributed by atoms with Crippen molar-refractivity contribution in [2.24, 2.45) is 5.41 Å². The van der Waals surface area contributed by atoms with Gasteiger partial charge in [-0.15, -0.1) is 0 Å². The second kappa shape index (κ2) is 6.75. The van der Waals surface area contributed by atoms with E-state index in [2.05, 4.69) is 27.2 Å². The number of aryl methyl sites for hydroxylation is 1. The highest BCUT2D eigenvalue weighted by Crippen LogP contribution is 2.54. The molecule has 0 bridgehead atoms. The quantitative estimate of drug-likeness (QED) is 0.846. The van der Waals surface area contributed by atoms with Crippen LogP contribution in [0.1, 0.15) is 51.3 Å². The summed E-state index contributed by atoms with van der Waals surface area (Å²) in [5.41, 5.74) is 1.82. The molecule has 134 valence electrons. The van der Waals surface area contributed by atoms with Gasteiger partial charge in [0.25, 0.3) is 0 Å². The maximum absolute atomic E-state index is 12.4. The summed E-state index contributed by atoms with van der Waals surface area (Å²) >= 11 is 0. The van der Waals surface area contributed by atoms with Crippen molar-refractivity contribution in [1.82, 2.24) is 20.3 Å². The average Bonchev–Trinajstić information content (AvgIpc) is 3.27. The Morgan fingerprint density at radius 1 is 1.44 bits per heavy atom. The van der Waals surface area contributed by atoms with Gasteiger partial charge in [0, 0.05) is 37.1 Å². The highest BCUT2D eigenvalue weighted by molar-refractivity contribution is 5.77. The smallest absolute Gasteiger partial charge is 0.220 e. The number of carbonyl (C=O) groups is 1. The van der Waals surface area contributed by atoms with Gasteiger partial charge in [-0.2, -0.15) is 0 Å². The van der Waals surface area contributed by atoms with Crippen LogP contribution in [0.3, 0.4) is 0 Å². The first-order valence-corrected chi connectivity index (χ1v) is 9.42. The van der Waals surface area contributed by atoms with Crippen LogP contribution in [-0.4, -0.2) is 39.6 Å². The Labute approximate surface area is 147 Å². The van der Waals surface area contributed by atoms with Crippen molar-refractivity contribution in [3.05, 3.63) is 24.2 Å². The molecule has 0 radical (unpaired) electrons. The number of nitrogens with one attached hydrogen (secondary N) is 2. The van der Waals surface area contributed by atoms with E-state index < -0.39 is 0 Å². The largest absolute Gasteiger partial charge is 0.378 e. The van der Waals surface area contributed by atoms with Crippen LogP contribution < -0.4 is 5.32 Å². The van der Waals surface area contributed by atoms with Crippen molar-refractivity contribution >= 4 is 17.1 Å². The van der Waals surface area contributed by atoms with Crippen molar-refractivity contribution in [3.8, 4) is 0 Å². The molecule has 0 unspecified atom stereocenters. The number of rotatable bonds is 6. The number of hydrogen-bond donors (Lipinski definition) is 2. The minimum absolute atomic E-state index is 0.111. The number of hydrogen-bond acceptors (Lipinski definition) is 4. The van der Waals surface area contributed by atoms with E-state index in [1.807, 2.05) is 12.1 Å². The molecular formula is C19H26N4O2. The predicted octanol–water partition coefficient (Wildman–Crippen LogP) is 2.74. The fourth-order valence-corrected chi connectivity index (χ4v) is 4.60. The van der Waals surface area contributed by atoms with E-state index in [9.17, 15) is 4.79 Å². The van der Waals surface area contributed by atoms with Gasteiger partial charge in [0.2, 0.25) is 5.91 Å². The Morgan fingerprint density at radius 3 is 3.04 bits per heavy atom. The normalized spacial score (nSPS) is 24.5. The molecule has 1 spiro atoms. The van der Waals surface area contributed by atoms with Gasteiger partial charge in [-0.25, -0.2) is 9.97 Å². The van der Waals surface area contributed by atoms with E-state index >= 15 is 0 Å². The second-order valence-corrected chi connectivity index (χ2v) is 7.30. The summed E-state index contributed by atoms with van der Waals surface area (Å²) < 4.78 is 5.92. The van der Waals surface area contributed by atoms with E-state index in [1.54, 1.807) is 6.20 Å². The molecule has 6 nitrogen and oxygen atoms in total. The first kappa shape index (κ1) is 16.5. The molecule has 2 aliphatic rings. The third kappa shape index (κ3) is 3.03. The van der Waals surface area contributed by atoms with E-state index in [4.69, 9.17) is 4.74 Å². The van der Waals surface area contributed by atoms with Crippen LogP contribution >= 0.6 is 0 Å². The van der Waals surface area contributed by atoms with Crippen LogP contribution in [0.2, 0.25) is 0 Å². The maximum atomic E-state index is 12.4. The Kier molecular flexibility index (Phi) is 4.46. The van der Waals surface area contributed by atoms with Gasteiger partial charge in [0.05, 0.1) is 11.6 Å². The predicted molar refractivity (Wildman–Crippen MR) is 95.1 cm³/mol. The lowest BCUT2D eigenvalue weighted by molar-refractivity contribution is -0.144. The van der Waals surface area contributed by atoms with Crippen LogP contribution in [-0.2, 0) is 16.0 Å². The summed E-state index contributed by atoms with van der Waals surface area (Å²) in [4.78, 5) is 24.3. The number of aromatic nitrogens is 3. The molecule has 25 heavy (non-hydrogen) atoms. The number of fused-ring (bicyclic) bond motifs is 1. The maximum Gasteiger partial charge on any atom is 0.220 e. The lowest BCUT2D eigenvalue weighted by Crippen LogP contribution is -2.63. The monoisotopic (exact) mass is 342 g/mol. The molecule has 4 rings (SSSR count). The zero-order chi connectivity index (χ0) is 17.3. The zero-order valence-corrected chi connectivity index (χ0v) is 14.8. The van der Waals surface area contributed by atoms with Gasteiger partial charge in [-0.05, 0) is 38.3 Å². The van der Waals surface area contributed by atoms with E-state index in [-0.39, 0.29) is 17.4 Å². The lowest BCUT2D eigenvalue weighted by atomic mass is 9.60. The molecule has 0 aromatic carbocycles. The summed E-state index contributed by atoms with van der Waals surface area (Å²) in [7, 11) is 0. The molecule has 2 fully saturated rings. The molecule has 2 aliphatic carbocycles. The van der Waals surface area contributed by atoms with Gasteiger partial charge < -0.3 is 15.0 Å². The number of imidazole rings is 1. The summed E-state index contributed by atoms with van der Waals surface area (Å²) in [6.45, 7) is 2.81. The molecule has 2 saturated carbocycles. The number of nitrogens with zero attached hydrogens (tertiary/aromatic N) is 2. The fraction of sp³-hybridized carbons (Fsp3) is 0.632. The number of ether oxygens (including phenoxy) is 1. The van der Waals surface area contributed by atoms with Gasteiger partial charge in [-0.3, -0.25) is 4.79 Å². The summed E-state index contributed by atoms with van der Waals surface area (Å²) in [5, 5.41) is 3.27. The molecule has 2 aromatic heterocycles. The van der Waals surface area contributed by atoms with Gasteiger partial charge in [0.15, 0.2) is 5.65 Å². The Balaban J connectivity index is 1.33. The van der Waals surface area contributed by atoms with E-state index in [1.165, 1.54) is 25.7 Å². The van der Waals surface area contributed by atoms with Crippen molar-refractivity contribution in [1.29, 1.82) is 0 Å². The molecular weight excluding hydrogens is 316 g/mol. The van der Waals surface area contributed by atoms with Crippen molar-refractivity contribution in [3.63, 3.8) is 0 Å². The van der Waals surface area contributed by atoms with Gasteiger partial charge in [-0.1, -0.05) is 12.8 Å². The third-order valence-corrected chi connectivity index (χ3v) is 5.92. The third-order valence-electron chi connectivity index (χ3n) is 5.92. The first-order chi connectivity index (χ1) is 12.2. The number of aromatic amines is 1. The summed E-state index contributed by atoms with van der Waals surface area (Å²) in [6, 6.07) is 4.10. The lowest BCUT2D eigenvalue weighted by Gasteiger charge is -2.54. The SMILES string of the molecule is CCO[C@H]1C[C@H](NC(=O)CCc2nc3ncccc3[nH]2)C12CCCC2. The van der Waals surface area contributed by atoms with Crippen molar-refractivity contribution in [2.45, 2.75) is 64.0 Å². The van der Waals surface area contributed by atoms with Crippen molar-refractivity contribution in [2.75, 3.05) is 6.61 Å². The van der Waals surface area contributed by atoms with Crippen LogP contribution in [0.5, 0.6) is 0 Å². The summed E-state index contributed by atoms with van der Waals surface area (Å²) in [5.74, 6) is 0.930. The Morgan fingerprint density at radius 2 is 2.28 bits per heavy atom. The average molecular weight is 342 g/mol. The van der Waals surface area contributed by atoms with Crippen LogP contribution in [0.4, 0.5) is 0 Å². The number of carbonyl (C=O) groups excluding carboxylic acids is 1. The molecule has 6 heteroatoms. The fourth-order valence-electron chi connectivity index (χ4n) is 4.60. The molecule has 2 atom stereocenters. The standard InChI is InChI=1S/C19H26N4O2/c1-2-25-15-12-14(19(15)9-3-4-10-19)22-17(24)8-7-16-21-13-6-5-11-20-18(13)23-16/h5-6,11,14-15H,2-4,7-10,12H2,1H3,(H,22,24)(H,20,21,23)/t14-,15-/m0/s1. The Bertz CT molecular complexity index is 718. The van der Waals surface area contributed by atoms with E-state index in [0.29, 0.717) is 24.6 Å². The molecule has 2 N–H and O–H groups in total. The van der Waals surface area contributed by atoms with Crippen LogP contribution in [0, 0.1) is 5.41 Å². The van der Waals surface area contributed by atoms with Crippen LogP contribution in [0.25, 0.3) is 11.2 Å². The molecule has 2 heterocycles. The van der Waals surface area contributed by atoms with Gasteiger partial charge >= 0.3 is 0 Å². The minimum Gasteiger partial charge on any atom is -0.378 e. The Hall–Kier alpha value is -1.95. The molecule has 2 aromatic rings. The van der Waals surface area contributed by atoms with Gasteiger partial charge in [0.1, 0.15) is 5.82 Å². The second-order valence-electron chi connectivity index (χ2n) is 7.30. The minimum atomic E-state index is 0.111. The molecule has 0 aliphatic heterocycles. The molecule has 1 amide bonds. The van der Waals surface area contributed by atoms with Crippen molar-refractivity contribution < 1.29 is 9.53 Å². The number of amides is 1. The zero-order valence-electron chi connectivity index (χ0n) is 14.8. The number of H-pyrrole nitrogens is 1.